The van der Waals surface area contributed by atoms with Gasteiger partial charge in [0.1, 0.15) is 5.75 Å². The zero-order valence-corrected chi connectivity index (χ0v) is 17.1. The van der Waals surface area contributed by atoms with Crippen LogP contribution in [0.15, 0.2) is 60.7 Å². The van der Waals surface area contributed by atoms with Gasteiger partial charge >= 0.3 is 5.97 Å². The molecule has 1 fully saturated rings. The van der Waals surface area contributed by atoms with Crippen LogP contribution in [0, 0.1) is 5.92 Å². The van der Waals surface area contributed by atoms with Gasteiger partial charge < -0.3 is 9.84 Å². The highest BCUT2D eigenvalue weighted by molar-refractivity contribution is 5.85. The van der Waals surface area contributed by atoms with Crippen LogP contribution in [0.5, 0.6) is 5.75 Å². The predicted octanol–water partition coefficient (Wildman–Crippen LogP) is 4.34. The lowest BCUT2D eigenvalue weighted by Gasteiger charge is -2.44. The highest BCUT2D eigenvalue weighted by atomic mass is 16.5. The van der Waals surface area contributed by atoms with Crippen LogP contribution >= 0.6 is 0 Å². The van der Waals surface area contributed by atoms with E-state index in [1.165, 1.54) is 27.5 Å². The number of carbonyl (C=O) groups is 1. The van der Waals surface area contributed by atoms with Crippen LogP contribution in [-0.4, -0.2) is 41.7 Å². The van der Waals surface area contributed by atoms with Gasteiger partial charge in [-0.3, -0.25) is 9.69 Å². The zero-order chi connectivity index (χ0) is 20.5. The molecule has 0 radical (unpaired) electrons. The standard InChI is InChI=1S/C26H27NO3/c28-26(29)21-16-27(17-21)22-12-11-19-8-4-10-25(24(19)15-22)30-14-13-20-7-3-6-18-5-1-2-9-23(18)20/h1-10,21-22H,11-17H2,(H,28,29). The largest absolute Gasteiger partial charge is 0.493 e. The number of likely N-dealkylation sites (tertiary alicyclic amines) is 1. The molecule has 4 heteroatoms. The highest BCUT2D eigenvalue weighted by Crippen LogP contribution is 2.34. The summed E-state index contributed by atoms with van der Waals surface area (Å²) in [5.41, 5.74) is 4.01. The Balaban J connectivity index is 1.26. The van der Waals surface area contributed by atoms with Crippen molar-refractivity contribution >= 4 is 16.7 Å². The van der Waals surface area contributed by atoms with E-state index in [0.717, 1.165) is 31.4 Å². The lowest BCUT2D eigenvalue weighted by Crippen LogP contribution is -2.56. The number of carboxylic acid groups (broad SMARTS) is 1. The second-order valence-electron chi connectivity index (χ2n) is 8.52. The van der Waals surface area contributed by atoms with Gasteiger partial charge in [0.2, 0.25) is 0 Å². The zero-order valence-electron chi connectivity index (χ0n) is 17.1. The molecule has 4 nitrogen and oxygen atoms in total. The van der Waals surface area contributed by atoms with Crippen LogP contribution in [0.4, 0.5) is 0 Å². The number of benzene rings is 3. The topological polar surface area (TPSA) is 49.8 Å². The highest BCUT2D eigenvalue weighted by Gasteiger charge is 2.38. The first-order chi connectivity index (χ1) is 14.7. The lowest BCUT2D eigenvalue weighted by molar-refractivity contribution is -0.148. The van der Waals surface area contributed by atoms with Gasteiger partial charge in [0, 0.05) is 25.6 Å². The predicted molar refractivity (Wildman–Crippen MR) is 118 cm³/mol. The molecular weight excluding hydrogens is 374 g/mol. The van der Waals surface area contributed by atoms with E-state index in [9.17, 15) is 4.79 Å². The maximum Gasteiger partial charge on any atom is 0.309 e. The number of aliphatic carboxylic acids is 1. The Labute approximate surface area is 177 Å². The van der Waals surface area contributed by atoms with Gasteiger partial charge in [0.05, 0.1) is 12.5 Å². The number of hydrogen-bond acceptors (Lipinski definition) is 3. The van der Waals surface area contributed by atoms with Crippen molar-refractivity contribution in [2.45, 2.75) is 31.7 Å². The molecule has 1 aliphatic heterocycles. The summed E-state index contributed by atoms with van der Waals surface area (Å²) in [6.07, 6.45) is 3.96. The van der Waals surface area contributed by atoms with Crippen LogP contribution in [0.2, 0.25) is 0 Å². The number of hydrogen-bond donors (Lipinski definition) is 1. The van der Waals surface area contributed by atoms with Crippen molar-refractivity contribution in [3.8, 4) is 5.75 Å². The van der Waals surface area contributed by atoms with E-state index >= 15 is 0 Å². The van der Waals surface area contributed by atoms with Gasteiger partial charge in [-0.2, -0.15) is 0 Å². The molecule has 5 rings (SSSR count). The van der Waals surface area contributed by atoms with E-state index < -0.39 is 5.97 Å². The fraction of sp³-hybridized carbons (Fsp3) is 0.346. The Bertz CT molecular complexity index is 1070. The third-order valence-electron chi connectivity index (χ3n) is 6.70. The molecule has 1 unspecified atom stereocenters. The van der Waals surface area contributed by atoms with Gasteiger partial charge in [-0.25, -0.2) is 0 Å². The average Bonchev–Trinajstić information content (AvgIpc) is 2.73. The van der Waals surface area contributed by atoms with Crippen LogP contribution in [0.1, 0.15) is 23.1 Å². The Hall–Kier alpha value is -2.85. The number of fused-ring (bicyclic) bond motifs is 2. The van der Waals surface area contributed by atoms with Crippen molar-refractivity contribution in [3.63, 3.8) is 0 Å². The number of aryl methyl sites for hydroxylation is 1. The first kappa shape index (κ1) is 19.1. The fourth-order valence-corrected chi connectivity index (χ4v) is 4.93. The van der Waals surface area contributed by atoms with Crippen LogP contribution in [0.25, 0.3) is 10.8 Å². The molecule has 0 aromatic heterocycles. The minimum atomic E-state index is -0.667. The van der Waals surface area contributed by atoms with E-state index in [1.807, 2.05) is 0 Å². The molecule has 3 aromatic carbocycles. The molecule has 0 saturated carbocycles. The first-order valence-corrected chi connectivity index (χ1v) is 10.9. The molecule has 3 aromatic rings. The number of nitrogens with zero attached hydrogens (tertiary/aromatic N) is 1. The summed E-state index contributed by atoms with van der Waals surface area (Å²) in [6, 6.07) is 21.8. The summed E-state index contributed by atoms with van der Waals surface area (Å²) >= 11 is 0. The van der Waals surface area contributed by atoms with Gasteiger partial charge in [-0.15, -0.1) is 0 Å². The molecule has 0 spiro atoms. The summed E-state index contributed by atoms with van der Waals surface area (Å²) in [5.74, 6) is 0.131. The quantitative estimate of drug-likeness (QED) is 0.668. The van der Waals surface area contributed by atoms with E-state index in [1.54, 1.807) is 0 Å². The normalized spacial score (nSPS) is 19.3. The Kier molecular flexibility index (Phi) is 5.17. The smallest absolute Gasteiger partial charge is 0.309 e. The summed E-state index contributed by atoms with van der Waals surface area (Å²) in [7, 11) is 0. The molecule has 1 atom stereocenters. The fourth-order valence-electron chi connectivity index (χ4n) is 4.93. The maximum absolute atomic E-state index is 11.1. The minimum absolute atomic E-state index is 0.196. The Morgan fingerprint density at radius 3 is 2.70 bits per heavy atom. The van der Waals surface area contributed by atoms with Gasteiger partial charge in [-0.05, 0) is 52.8 Å². The summed E-state index contributed by atoms with van der Waals surface area (Å²) in [6.45, 7) is 2.01. The van der Waals surface area contributed by atoms with E-state index in [2.05, 4.69) is 65.6 Å². The summed E-state index contributed by atoms with van der Waals surface area (Å²) < 4.78 is 6.28. The van der Waals surface area contributed by atoms with Crippen molar-refractivity contribution in [1.82, 2.24) is 4.90 Å². The molecular formula is C26H27NO3. The van der Waals surface area contributed by atoms with Gasteiger partial charge in [-0.1, -0.05) is 54.6 Å². The third kappa shape index (κ3) is 3.68. The van der Waals surface area contributed by atoms with Crippen LogP contribution in [-0.2, 0) is 24.1 Å². The third-order valence-corrected chi connectivity index (χ3v) is 6.70. The molecule has 2 aliphatic rings. The van der Waals surface area contributed by atoms with Crippen molar-refractivity contribution in [2.75, 3.05) is 19.7 Å². The minimum Gasteiger partial charge on any atom is -0.493 e. The van der Waals surface area contributed by atoms with E-state index in [4.69, 9.17) is 9.84 Å². The molecule has 1 aliphatic carbocycles. The van der Waals surface area contributed by atoms with E-state index in [0.29, 0.717) is 25.7 Å². The second kappa shape index (κ2) is 8.11. The van der Waals surface area contributed by atoms with Crippen molar-refractivity contribution < 1.29 is 14.6 Å². The molecule has 1 heterocycles. The van der Waals surface area contributed by atoms with Gasteiger partial charge in [0.25, 0.3) is 0 Å². The lowest BCUT2D eigenvalue weighted by atomic mass is 9.84. The van der Waals surface area contributed by atoms with Crippen LogP contribution < -0.4 is 4.74 Å². The van der Waals surface area contributed by atoms with Crippen LogP contribution in [0.3, 0.4) is 0 Å². The molecule has 0 bridgehead atoms. The first-order valence-electron chi connectivity index (χ1n) is 10.9. The van der Waals surface area contributed by atoms with Crippen molar-refractivity contribution in [1.29, 1.82) is 0 Å². The summed E-state index contributed by atoms with van der Waals surface area (Å²) in [4.78, 5) is 13.5. The van der Waals surface area contributed by atoms with Crippen molar-refractivity contribution in [3.05, 3.63) is 77.4 Å². The number of carboxylic acids is 1. The Morgan fingerprint density at radius 1 is 1.03 bits per heavy atom. The Morgan fingerprint density at radius 2 is 1.83 bits per heavy atom. The molecule has 0 amide bonds. The van der Waals surface area contributed by atoms with Gasteiger partial charge in [0.15, 0.2) is 0 Å². The van der Waals surface area contributed by atoms with Crippen molar-refractivity contribution in [2.24, 2.45) is 5.92 Å². The SMILES string of the molecule is O=C(O)C1CN(C2CCc3cccc(OCCc4cccc5ccccc45)c3C2)C1. The average molecular weight is 402 g/mol. The molecule has 154 valence electrons. The van der Waals surface area contributed by atoms with E-state index in [-0.39, 0.29) is 5.92 Å². The molecule has 30 heavy (non-hydrogen) atoms. The maximum atomic E-state index is 11.1. The molecule has 1 N–H and O–H groups in total. The number of rotatable bonds is 6. The monoisotopic (exact) mass is 401 g/mol. The summed E-state index contributed by atoms with van der Waals surface area (Å²) in [5, 5.41) is 11.7. The number of ether oxygens (including phenoxy) is 1. The second-order valence-corrected chi connectivity index (χ2v) is 8.52. The molecule has 1 saturated heterocycles.